The summed E-state index contributed by atoms with van der Waals surface area (Å²) in [4.78, 5) is 26.3. The lowest BCUT2D eigenvalue weighted by Gasteiger charge is -2.16. The Bertz CT molecular complexity index is 1270. The van der Waals surface area contributed by atoms with Crippen molar-refractivity contribution in [2.24, 2.45) is 0 Å². The summed E-state index contributed by atoms with van der Waals surface area (Å²) in [5.41, 5.74) is 0.485. The van der Waals surface area contributed by atoms with E-state index in [9.17, 15) is 18.4 Å². The van der Waals surface area contributed by atoms with Crippen LogP contribution in [0.15, 0.2) is 54.6 Å². The third-order valence-corrected chi connectivity index (χ3v) is 5.63. The second kappa shape index (κ2) is 14.0. The van der Waals surface area contributed by atoms with Gasteiger partial charge in [0, 0.05) is 5.56 Å². The second-order valence-electron chi connectivity index (χ2n) is 8.46. The van der Waals surface area contributed by atoms with Gasteiger partial charge in [0.05, 0.1) is 37.3 Å². The van der Waals surface area contributed by atoms with E-state index in [0.717, 1.165) is 25.7 Å². The van der Waals surface area contributed by atoms with E-state index in [1.807, 2.05) is 13.8 Å². The Kier molecular flexibility index (Phi) is 10.5. The summed E-state index contributed by atoms with van der Waals surface area (Å²) >= 11 is 0. The van der Waals surface area contributed by atoms with E-state index in [2.05, 4.69) is 10.6 Å². The van der Waals surface area contributed by atoms with Gasteiger partial charge in [-0.05, 0) is 55.3 Å². The molecule has 2 N–H and O–H groups in total. The number of hydrogen-bond donors (Lipinski definition) is 2. The number of methoxy groups -OCH3 is 1. The van der Waals surface area contributed by atoms with Gasteiger partial charge in [0.2, 0.25) is 0 Å². The number of hydrogen-bond acceptors (Lipinski definition) is 5. The molecule has 0 radical (unpaired) electrons. The number of halogens is 2. The Morgan fingerprint density at radius 1 is 0.763 bits per heavy atom. The highest BCUT2D eigenvalue weighted by molar-refractivity contribution is 6.10. The Labute approximate surface area is 221 Å². The fourth-order valence-electron chi connectivity index (χ4n) is 3.56. The minimum Gasteiger partial charge on any atom is -0.496 e. The molecule has 3 rings (SSSR count). The Hall–Kier alpha value is -4.14. The first-order chi connectivity index (χ1) is 18.4. The van der Waals surface area contributed by atoms with Crippen molar-refractivity contribution in [1.82, 2.24) is 0 Å². The van der Waals surface area contributed by atoms with E-state index in [1.165, 1.54) is 61.7 Å². The summed E-state index contributed by atoms with van der Waals surface area (Å²) in [5, 5.41) is 5.29. The zero-order chi connectivity index (χ0) is 27.5. The molecule has 0 saturated carbocycles. The molecule has 2 amide bonds. The molecule has 0 bridgehead atoms. The van der Waals surface area contributed by atoms with Crippen LogP contribution in [0.2, 0.25) is 0 Å². The third-order valence-electron chi connectivity index (χ3n) is 5.63. The molecule has 38 heavy (non-hydrogen) atoms. The number of amides is 2. The van der Waals surface area contributed by atoms with Crippen molar-refractivity contribution < 1.29 is 32.6 Å². The van der Waals surface area contributed by atoms with Gasteiger partial charge >= 0.3 is 0 Å². The zero-order valence-electron chi connectivity index (χ0n) is 21.7. The van der Waals surface area contributed by atoms with Gasteiger partial charge in [0.1, 0.15) is 5.75 Å². The normalized spacial score (nSPS) is 10.6. The van der Waals surface area contributed by atoms with E-state index in [0.29, 0.717) is 13.2 Å². The largest absolute Gasteiger partial charge is 0.496 e. The van der Waals surface area contributed by atoms with Crippen molar-refractivity contribution >= 4 is 23.2 Å². The van der Waals surface area contributed by atoms with Crippen molar-refractivity contribution in [3.8, 4) is 17.2 Å². The van der Waals surface area contributed by atoms with Crippen LogP contribution in [0.5, 0.6) is 17.2 Å². The quantitative estimate of drug-likeness (QED) is 0.238. The molecule has 0 aliphatic heterocycles. The van der Waals surface area contributed by atoms with Gasteiger partial charge in [0.15, 0.2) is 23.1 Å². The number of rotatable bonds is 13. The zero-order valence-corrected chi connectivity index (χ0v) is 21.7. The summed E-state index contributed by atoms with van der Waals surface area (Å²) < 4.78 is 45.2. The number of benzene rings is 3. The number of ether oxygens (including phenoxy) is 3. The summed E-state index contributed by atoms with van der Waals surface area (Å²) in [6.45, 7) is 4.57. The van der Waals surface area contributed by atoms with Crippen molar-refractivity contribution in [2.45, 2.75) is 39.5 Å². The van der Waals surface area contributed by atoms with E-state index in [-0.39, 0.29) is 39.8 Å². The first-order valence-electron chi connectivity index (χ1n) is 12.5. The fourth-order valence-corrected chi connectivity index (χ4v) is 3.56. The maximum absolute atomic E-state index is 14.4. The van der Waals surface area contributed by atoms with Crippen LogP contribution >= 0.6 is 0 Å². The second-order valence-corrected chi connectivity index (χ2v) is 8.46. The van der Waals surface area contributed by atoms with Crippen LogP contribution in [0.25, 0.3) is 0 Å². The lowest BCUT2D eigenvalue weighted by atomic mass is 10.1. The van der Waals surface area contributed by atoms with Crippen molar-refractivity contribution in [3.05, 3.63) is 77.4 Å². The monoisotopic (exact) mass is 526 g/mol. The summed E-state index contributed by atoms with van der Waals surface area (Å²) in [6, 6.07) is 12.8. The average Bonchev–Trinajstić information content (AvgIpc) is 2.91. The predicted octanol–water partition coefficient (Wildman–Crippen LogP) is 6.84. The third kappa shape index (κ3) is 7.21. The Morgan fingerprint density at radius 3 is 1.79 bits per heavy atom. The first-order valence-corrected chi connectivity index (χ1v) is 12.5. The van der Waals surface area contributed by atoms with Gasteiger partial charge in [-0.3, -0.25) is 9.59 Å². The molecule has 0 unspecified atom stereocenters. The number of para-hydroxylation sites is 2. The molecular weight excluding hydrogens is 494 g/mol. The van der Waals surface area contributed by atoms with Crippen LogP contribution in [-0.4, -0.2) is 32.1 Å². The van der Waals surface area contributed by atoms with Crippen LogP contribution in [0, 0.1) is 11.6 Å². The Morgan fingerprint density at radius 2 is 1.29 bits per heavy atom. The molecule has 0 atom stereocenters. The van der Waals surface area contributed by atoms with Crippen molar-refractivity contribution in [1.29, 1.82) is 0 Å². The van der Waals surface area contributed by atoms with Crippen molar-refractivity contribution in [3.63, 3.8) is 0 Å². The highest BCUT2D eigenvalue weighted by atomic mass is 19.1. The summed E-state index contributed by atoms with van der Waals surface area (Å²) in [5.74, 6) is -2.32. The molecule has 0 aromatic heterocycles. The smallest absolute Gasteiger partial charge is 0.259 e. The molecule has 0 heterocycles. The number of nitrogens with one attached hydrogen (secondary N) is 2. The standard InChI is InChI=1S/C29H32F2N2O5/c1-4-6-16-37-26-21(30)10-8-12-23(26)32-28(34)19-14-15-25(36-3)20(18-19)29(35)33-24-13-9-11-22(31)27(24)38-17-7-5-2/h8-15,18H,4-7,16-17H2,1-3H3,(H,32,34)(H,33,35). The Balaban J connectivity index is 1.84. The molecular formula is C29H32F2N2O5. The highest BCUT2D eigenvalue weighted by Crippen LogP contribution is 2.31. The SMILES string of the molecule is CCCCOc1c(F)cccc1NC(=O)c1ccc(OC)c(C(=O)Nc2cccc(F)c2OCCCC)c1. The van der Waals surface area contributed by atoms with E-state index < -0.39 is 23.4 Å². The number of unbranched alkanes of at least 4 members (excludes halogenated alkanes) is 2. The molecule has 0 aliphatic carbocycles. The van der Waals surface area contributed by atoms with Gasteiger partial charge in [-0.2, -0.15) is 0 Å². The molecule has 3 aromatic carbocycles. The minimum atomic E-state index is -0.628. The lowest BCUT2D eigenvalue weighted by molar-refractivity contribution is 0.102. The number of carbonyl (C=O) groups is 2. The van der Waals surface area contributed by atoms with Crippen molar-refractivity contribution in [2.75, 3.05) is 31.0 Å². The molecule has 0 spiro atoms. The van der Waals surface area contributed by atoms with Crippen LogP contribution in [0.1, 0.15) is 60.2 Å². The molecule has 0 aliphatic rings. The van der Waals surface area contributed by atoms with Crippen LogP contribution < -0.4 is 24.8 Å². The van der Waals surface area contributed by atoms with Gasteiger partial charge in [0.25, 0.3) is 11.8 Å². The van der Waals surface area contributed by atoms with Gasteiger partial charge < -0.3 is 24.8 Å². The number of carbonyl (C=O) groups excluding carboxylic acids is 2. The lowest BCUT2D eigenvalue weighted by Crippen LogP contribution is -2.18. The van der Waals surface area contributed by atoms with E-state index >= 15 is 0 Å². The highest BCUT2D eigenvalue weighted by Gasteiger charge is 2.20. The molecule has 202 valence electrons. The van der Waals surface area contributed by atoms with E-state index in [1.54, 1.807) is 0 Å². The van der Waals surface area contributed by atoms with E-state index in [4.69, 9.17) is 14.2 Å². The van der Waals surface area contributed by atoms with Gasteiger partial charge in [-0.1, -0.05) is 38.8 Å². The average molecular weight is 527 g/mol. The molecule has 0 fully saturated rings. The topological polar surface area (TPSA) is 85.9 Å². The predicted molar refractivity (Wildman–Crippen MR) is 143 cm³/mol. The first kappa shape index (κ1) is 28.4. The maximum Gasteiger partial charge on any atom is 0.259 e. The maximum atomic E-state index is 14.4. The van der Waals surface area contributed by atoms with Gasteiger partial charge in [-0.15, -0.1) is 0 Å². The van der Waals surface area contributed by atoms with Crippen LogP contribution in [0.3, 0.4) is 0 Å². The van der Waals surface area contributed by atoms with Crippen LogP contribution in [0.4, 0.5) is 20.2 Å². The minimum absolute atomic E-state index is 0.0441. The number of anilines is 2. The summed E-state index contributed by atoms with van der Waals surface area (Å²) in [7, 11) is 1.39. The molecule has 0 saturated heterocycles. The fraction of sp³-hybridized carbons (Fsp3) is 0.310. The van der Waals surface area contributed by atoms with Gasteiger partial charge in [-0.25, -0.2) is 8.78 Å². The molecule has 7 nitrogen and oxygen atoms in total. The summed E-state index contributed by atoms with van der Waals surface area (Å²) in [6.07, 6.45) is 3.19. The molecule has 3 aromatic rings. The van der Waals surface area contributed by atoms with Crippen LogP contribution in [-0.2, 0) is 0 Å². The molecule has 9 heteroatoms.